The van der Waals surface area contributed by atoms with Gasteiger partial charge in [0.05, 0.1) is 16.6 Å². The molecule has 0 unspecified atom stereocenters. The maximum absolute atomic E-state index is 12.9. The predicted molar refractivity (Wildman–Crippen MR) is 86.2 cm³/mol. The summed E-state index contributed by atoms with van der Waals surface area (Å²) in [6, 6.07) is 12.0. The molecule has 0 aliphatic rings. The van der Waals surface area contributed by atoms with Crippen LogP contribution >= 0.6 is 11.3 Å². The van der Waals surface area contributed by atoms with Crippen LogP contribution in [0.1, 0.15) is 11.1 Å². The Hall–Kier alpha value is -2.27. The minimum Gasteiger partial charge on any atom is -0.319 e. The van der Waals surface area contributed by atoms with Crippen molar-refractivity contribution in [1.29, 1.82) is 0 Å². The van der Waals surface area contributed by atoms with Crippen LogP contribution in [0.25, 0.3) is 10.2 Å². The molecule has 0 spiro atoms. The van der Waals surface area contributed by atoms with Crippen LogP contribution in [-0.2, 0) is 18.3 Å². The second kappa shape index (κ2) is 5.85. The van der Waals surface area contributed by atoms with E-state index in [1.807, 2.05) is 36.7 Å². The number of rotatable bonds is 2. The fourth-order valence-corrected chi connectivity index (χ4v) is 3.54. The van der Waals surface area contributed by atoms with Gasteiger partial charge < -0.3 is 4.57 Å². The van der Waals surface area contributed by atoms with Gasteiger partial charge in [-0.25, -0.2) is 4.39 Å². The number of amides is 1. The monoisotopic (exact) mass is 314 g/mol. The number of thiazole rings is 1. The summed E-state index contributed by atoms with van der Waals surface area (Å²) in [5, 5.41) is 0. The van der Waals surface area contributed by atoms with Crippen molar-refractivity contribution in [2.24, 2.45) is 12.0 Å². The lowest BCUT2D eigenvalue weighted by molar-refractivity contribution is -0.117. The van der Waals surface area contributed by atoms with E-state index in [4.69, 9.17) is 0 Å². The number of carbonyl (C=O) groups excluding carboxylic acids is 1. The number of nitrogens with zero attached hydrogens (tertiary/aromatic N) is 2. The largest absolute Gasteiger partial charge is 0.319 e. The standard InChI is InChI=1S/C17H15FN2OS/c1-11-4-3-5-14-16(11)20(2)17(22-14)19-15(21)10-12-6-8-13(18)9-7-12/h3-9H,10H2,1-2H3. The van der Waals surface area contributed by atoms with Crippen molar-refractivity contribution >= 4 is 27.5 Å². The van der Waals surface area contributed by atoms with Gasteiger partial charge >= 0.3 is 0 Å². The third-order valence-corrected chi connectivity index (χ3v) is 4.61. The molecule has 0 bridgehead atoms. The highest BCUT2D eigenvalue weighted by Gasteiger charge is 2.07. The maximum Gasteiger partial charge on any atom is 0.252 e. The highest BCUT2D eigenvalue weighted by atomic mass is 32.1. The van der Waals surface area contributed by atoms with Crippen LogP contribution in [-0.4, -0.2) is 10.5 Å². The van der Waals surface area contributed by atoms with Crippen LogP contribution in [0.15, 0.2) is 47.5 Å². The molecule has 0 saturated carbocycles. The molecule has 1 amide bonds. The molecule has 0 atom stereocenters. The normalized spacial score (nSPS) is 12.0. The first-order valence-electron chi connectivity index (χ1n) is 6.92. The van der Waals surface area contributed by atoms with Crippen LogP contribution in [0.2, 0.25) is 0 Å². The van der Waals surface area contributed by atoms with Crippen LogP contribution in [0.5, 0.6) is 0 Å². The van der Waals surface area contributed by atoms with Gasteiger partial charge in [-0.05, 0) is 36.2 Å². The summed E-state index contributed by atoms with van der Waals surface area (Å²) < 4.78 is 15.9. The van der Waals surface area contributed by atoms with E-state index in [0.717, 1.165) is 21.3 Å². The van der Waals surface area contributed by atoms with Crippen molar-refractivity contribution in [2.75, 3.05) is 0 Å². The molecule has 0 saturated heterocycles. The number of aromatic nitrogens is 1. The Balaban J connectivity index is 1.94. The predicted octanol–water partition coefficient (Wildman–Crippen LogP) is 3.36. The van der Waals surface area contributed by atoms with Crippen LogP contribution in [0, 0.1) is 12.7 Å². The third kappa shape index (κ3) is 2.85. The van der Waals surface area contributed by atoms with Crippen molar-refractivity contribution in [3.05, 3.63) is 64.2 Å². The highest BCUT2D eigenvalue weighted by Crippen LogP contribution is 2.19. The number of hydrogen-bond acceptors (Lipinski definition) is 2. The van der Waals surface area contributed by atoms with Crippen molar-refractivity contribution in [1.82, 2.24) is 4.57 Å². The molecule has 0 N–H and O–H groups in total. The zero-order valence-electron chi connectivity index (χ0n) is 12.3. The highest BCUT2D eigenvalue weighted by molar-refractivity contribution is 7.16. The lowest BCUT2D eigenvalue weighted by atomic mass is 10.1. The van der Waals surface area contributed by atoms with E-state index >= 15 is 0 Å². The summed E-state index contributed by atoms with van der Waals surface area (Å²) in [5.74, 6) is -0.536. The van der Waals surface area contributed by atoms with Gasteiger partial charge in [0, 0.05) is 7.05 Å². The number of halogens is 1. The second-order valence-corrected chi connectivity index (χ2v) is 6.18. The summed E-state index contributed by atoms with van der Waals surface area (Å²) in [4.78, 5) is 17.0. The first-order valence-corrected chi connectivity index (χ1v) is 7.73. The Kier molecular flexibility index (Phi) is 3.90. The first kappa shape index (κ1) is 14.7. The Morgan fingerprint density at radius 1 is 1.23 bits per heavy atom. The number of aryl methyl sites for hydroxylation is 2. The van der Waals surface area contributed by atoms with Crippen molar-refractivity contribution in [3.63, 3.8) is 0 Å². The molecule has 1 heterocycles. The third-order valence-electron chi connectivity index (χ3n) is 3.51. The molecule has 3 rings (SSSR count). The Bertz CT molecular complexity index is 907. The zero-order chi connectivity index (χ0) is 15.7. The number of hydrogen-bond donors (Lipinski definition) is 0. The molecule has 0 radical (unpaired) electrons. The van der Waals surface area contributed by atoms with E-state index in [1.54, 1.807) is 12.1 Å². The van der Waals surface area contributed by atoms with Gasteiger partial charge in [-0.1, -0.05) is 35.6 Å². The van der Waals surface area contributed by atoms with Crippen molar-refractivity contribution in [2.45, 2.75) is 13.3 Å². The lowest BCUT2D eigenvalue weighted by Gasteiger charge is -1.99. The maximum atomic E-state index is 12.9. The summed E-state index contributed by atoms with van der Waals surface area (Å²) in [6.45, 7) is 2.04. The molecule has 2 aromatic carbocycles. The Morgan fingerprint density at radius 3 is 2.64 bits per heavy atom. The van der Waals surface area contributed by atoms with E-state index in [9.17, 15) is 9.18 Å². The molecule has 5 heteroatoms. The average molecular weight is 314 g/mol. The van der Waals surface area contributed by atoms with Crippen LogP contribution in [0.3, 0.4) is 0 Å². The Labute approximate surface area is 131 Å². The van der Waals surface area contributed by atoms with Gasteiger partial charge in [0.2, 0.25) is 0 Å². The van der Waals surface area contributed by atoms with Gasteiger partial charge in [0.25, 0.3) is 5.91 Å². The molecule has 1 aromatic heterocycles. The van der Waals surface area contributed by atoms with E-state index in [-0.39, 0.29) is 18.1 Å². The summed E-state index contributed by atoms with van der Waals surface area (Å²) in [6.07, 6.45) is 0.174. The average Bonchev–Trinajstić information content (AvgIpc) is 2.79. The smallest absolute Gasteiger partial charge is 0.252 e. The fourth-order valence-electron chi connectivity index (χ4n) is 2.43. The molecular weight excluding hydrogens is 299 g/mol. The van der Waals surface area contributed by atoms with Crippen LogP contribution in [0.4, 0.5) is 4.39 Å². The molecule has 0 aliphatic carbocycles. The number of para-hydroxylation sites is 1. The minimum atomic E-state index is -0.306. The van der Waals surface area contributed by atoms with Gasteiger partial charge in [-0.2, -0.15) is 4.99 Å². The van der Waals surface area contributed by atoms with Gasteiger partial charge in [-0.15, -0.1) is 0 Å². The number of benzene rings is 2. The van der Waals surface area contributed by atoms with Crippen LogP contribution < -0.4 is 4.80 Å². The SMILES string of the molecule is Cc1cccc2sc(=NC(=O)Cc3ccc(F)cc3)n(C)c12. The first-order chi connectivity index (χ1) is 10.5. The van der Waals surface area contributed by atoms with E-state index in [2.05, 4.69) is 4.99 Å². The van der Waals surface area contributed by atoms with E-state index < -0.39 is 0 Å². The van der Waals surface area contributed by atoms with Gasteiger partial charge in [-0.3, -0.25) is 4.79 Å². The molecule has 0 fully saturated rings. The summed E-state index contributed by atoms with van der Waals surface area (Å²) >= 11 is 1.49. The molecule has 3 nitrogen and oxygen atoms in total. The zero-order valence-corrected chi connectivity index (χ0v) is 13.2. The lowest BCUT2D eigenvalue weighted by Crippen LogP contribution is -2.14. The molecular formula is C17H15FN2OS. The molecule has 3 aromatic rings. The number of fused-ring (bicyclic) bond motifs is 1. The van der Waals surface area contributed by atoms with Gasteiger partial charge in [0.1, 0.15) is 5.82 Å². The minimum absolute atomic E-state index is 0.174. The number of carbonyl (C=O) groups is 1. The molecule has 22 heavy (non-hydrogen) atoms. The topological polar surface area (TPSA) is 34.4 Å². The van der Waals surface area contributed by atoms with E-state index in [1.165, 1.54) is 23.5 Å². The summed E-state index contributed by atoms with van der Waals surface area (Å²) in [5.41, 5.74) is 3.01. The molecule has 112 valence electrons. The summed E-state index contributed by atoms with van der Waals surface area (Å²) in [7, 11) is 1.91. The fraction of sp³-hybridized carbons (Fsp3) is 0.176. The quantitative estimate of drug-likeness (QED) is 0.714. The Morgan fingerprint density at radius 2 is 1.95 bits per heavy atom. The van der Waals surface area contributed by atoms with Gasteiger partial charge in [0.15, 0.2) is 4.80 Å². The van der Waals surface area contributed by atoms with E-state index in [0.29, 0.717) is 4.80 Å². The second-order valence-electron chi connectivity index (χ2n) is 5.17. The van der Waals surface area contributed by atoms with Crippen molar-refractivity contribution in [3.8, 4) is 0 Å². The molecule has 0 aliphatic heterocycles. The van der Waals surface area contributed by atoms with Crippen molar-refractivity contribution < 1.29 is 9.18 Å².